The second kappa shape index (κ2) is 2.78. The van der Waals surface area contributed by atoms with Crippen LogP contribution in [0.5, 0.6) is 0 Å². The van der Waals surface area contributed by atoms with Gasteiger partial charge in [-0.05, 0) is 0 Å². The van der Waals surface area contributed by atoms with Gasteiger partial charge < -0.3 is 10.2 Å². The van der Waals surface area contributed by atoms with E-state index in [9.17, 15) is 17.6 Å². The van der Waals surface area contributed by atoms with Gasteiger partial charge in [0.15, 0.2) is 0 Å². The molecule has 1 atom stereocenters. The number of halogens is 4. The summed E-state index contributed by atoms with van der Waals surface area (Å²) in [5.74, 6) is 0. The third-order valence-electron chi connectivity index (χ3n) is 1.30. The zero-order chi connectivity index (χ0) is 9.35. The van der Waals surface area contributed by atoms with Gasteiger partial charge in [-0.2, -0.15) is 17.6 Å². The Balaban J connectivity index is 2.85. The quantitative estimate of drug-likeness (QED) is 0.676. The van der Waals surface area contributed by atoms with E-state index in [0.717, 1.165) is 0 Å². The molecule has 1 rings (SSSR count). The Labute approximate surface area is 65.0 Å². The summed E-state index contributed by atoms with van der Waals surface area (Å²) in [6.45, 7) is 0. The van der Waals surface area contributed by atoms with Crippen LogP contribution in [-0.4, -0.2) is 6.18 Å². The van der Waals surface area contributed by atoms with Crippen LogP contribution >= 0.6 is 0 Å². The Morgan fingerprint density at radius 3 is 2.33 bits per heavy atom. The van der Waals surface area contributed by atoms with E-state index in [1.807, 2.05) is 0 Å². The number of hydrogen-bond donors (Lipinski definition) is 1. The van der Waals surface area contributed by atoms with Gasteiger partial charge in [0.25, 0.3) is 6.01 Å². The highest BCUT2D eigenvalue weighted by Gasteiger charge is 2.38. The Hall–Kier alpha value is -1.04. The first-order valence-corrected chi connectivity index (χ1v) is 2.97. The zero-order valence-corrected chi connectivity index (χ0v) is 5.73. The Bertz CT molecular complexity index is 267. The maximum atomic E-state index is 12.1. The molecular weight excluding hydrogens is 178 g/mol. The highest BCUT2D eigenvalue weighted by molar-refractivity contribution is 5.13. The predicted octanol–water partition coefficient (Wildman–Crippen LogP) is 1.98. The van der Waals surface area contributed by atoms with Gasteiger partial charge in [0.1, 0.15) is 6.04 Å². The molecule has 1 aromatic rings. The summed E-state index contributed by atoms with van der Waals surface area (Å²) < 4.78 is 51.7. The van der Waals surface area contributed by atoms with E-state index >= 15 is 0 Å². The molecular formula is C6H5F4NO. The van der Waals surface area contributed by atoms with Gasteiger partial charge >= 0.3 is 6.18 Å². The molecule has 2 nitrogen and oxygen atoms in total. The molecule has 1 unspecified atom stereocenters. The molecule has 0 aromatic carbocycles. The molecule has 0 aliphatic heterocycles. The fraction of sp³-hybridized carbons (Fsp3) is 0.333. The first kappa shape index (κ1) is 9.05. The van der Waals surface area contributed by atoms with Crippen molar-refractivity contribution in [3.05, 3.63) is 23.9 Å². The van der Waals surface area contributed by atoms with Gasteiger partial charge in [-0.15, -0.1) is 0 Å². The molecule has 68 valence electrons. The fourth-order valence-electron chi connectivity index (χ4n) is 0.675. The monoisotopic (exact) mass is 183 g/mol. The topological polar surface area (TPSA) is 39.2 Å². The van der Waals surface area contributed by atoms with E-state index in [0.29, 0.717) is 12.3 Å². The average molecular weight is 183 g/mol. The highest BCUT2D eigenvalue weighted by Crippen LogP contribution is 2.30. The van der Waals surface area contributed by atoms with E-state index in [2.05, 4.69) is 4.42 Å². The lowest BCUT2D eigenvalue weighted by atomic mass is 10.1. The molecule has 0 saturated carbocycles. The number of hydrogen-bond acceptors (Lipinski definition) is 2. The third kappa shape index (κ3) is 1.76. The third-order valence-corrected chi connectivity index (χ3v) is 1.30. The van der Waals surface area contributed by atoms with E-state index in [-0.39, 0.29) is 0 Å². The van der Waals surface area contributed by atoms with Crippen LogP contribution < -0.4 is 5.73 Å². The molecule has 1 heterocycles. The lowest BCUT2D eigenvalue weighted by Gasteiger charge is -2.12. The molecule has 0 aliphatic rings. The van der Waals surface area contributed by atoms with Crippen LogP contribution in [0.1, 0.15) is 11.6 Å². The Kier molecular flexibility index (Phi) is 2.10. The van der Waals surface area contributed by atoms with Crippen molar-refractivity contribution < 1.29 is 22.0 Å². The maximum absolute atomic E-state index is 12.1. The zero-order valence-electron chi connectivity index (χ0n) is 5.73. The summed E-state index contributed by atoms with van der Waals surface area (Å²) in [6, 6.07) is -2.66. The molecule has 0 bridgehead atoms. The van der Waals surface area contributed by atoms with Gasteiger partial charge in [0.2, 0.25) is 0 Å². The number of nitrogens with two attached hydrogens (primary N) is 1. The summed E-state index contributed by atoms with van der Waals surface area (Å²) >= 11 is 0. The molecule has 6 heteroatoms. The molecule has 12 heavy (non-hydrogen) atoms. The van der Waals surface area contributed by atoms with Crippen LogP contribution in [0.4, 0.5) is 17.6 Å². The van der Waals surface area contributed by atoms with E-state index in [4.69, 9.17) is 5.73 Å². The van der Waals surface area contributed by atoms with E-state index in [1.165, 1.54) is 0 Å². The van der Waals surface area contributed by atoms with Crippen molar-refractivity contribution in [1.29, 1.82) is 0 Å². The first-order valence-electron chi connectivity index (χ1n) is 2.97. The second-order valence-corrected chi connectivity index (χ2v) is 2.20. The molecule has 0 aliphatic carbocycles. The van der Waals surface area contributed by atoms with Crippen LogP contribution in [0.25, 0.3) is 0 Å². The van der Waals surface area contributed by atoms with Crippen molar-refractivity contribution in [2.45, 2.75) is 12.2 Å². The Morgan fingerprint density at radius 2 is 2.00 bits per heavy atom. The minimum atomic E-state index is -4.57. The van der Waals surface area contributed by atoms with Gasteiger partial charge in [-0.25, -0.2) is 0 Å². The number of alkyl halides is 3. The van der Waals surface area contributed by atoms with Crippen molar-refractivity contribution in [1.82, 2.24) is 0 Å². The highest BCUT2D eigenvalue weighted by atomic mass is 19.4. The minimum Gasteiger partial charge on any atom is -0.439 e. The number of furan rings is 1. The normalized spacial score (nSPS) is 14.8. The van der Waals surface area contributed by atoms with Gasteiger partial charge in [-0.1, -0.05) is 0 Å². The van der Waals surface area contributed by atoms with Gasteiger partial charge in [0, 0.05) is 11.6 Å². The van der Waals surface area contributed by atoms with Gasteiger partial charge in [0.05, 0.1) is 6.26 Å². The van der Waals surface area contributed by atoms with Crippen LogP contribution in [0, 0.1) is 6.01 Å². The summed E-state index contributed by atoms with van der Waals surface area (Å²) in [5.41, 5.74) is 4.32. The average Bonchev–Trinajstić information content (AvgIpc) is 2.32. The van der Waals surface area contributed by atoms with Crippen molar-refractivity contribution in [2.24, 2.45) is 5.73 Å². The molecule has 1 aromatic heterocycles. The molecule has 0 saturated heterocycles. The maximum Gasteiger partial charge on any atom is 0.407 e. The predicted molar refractivity (Wildman–Crippen MR) is 31.6 cm³/mol. The second-order valence-electron chi connectivity index (χ2n) is 2.20. The minimum absolute atomic E-state index is 0.417. The molecule has 2 N–H and O–H groups in total. The number of rotatable bonds is 1. The Morgan fingerprint density at radius 1 is 1.42 bits per heavy atom. The lowest BCUT2D eigenvalue weighted by molar-refractivity contribution is -0.149. The summed E-state index contributed by atoms with van der Waals surface area (Å²) in [7, 11) is 0. The van der Waals surface area contributed by atoms with Crippen LogP contribution in [0.15, 0.2) is 16.7 Å². The van der Waals surface area contributed by atoms with E-state index < -0.39 is 23.8 Å². The van der Waals surface area contributed by atoms with Crippen molar-refractivity contribution in [3.63, 3.8) is 0 Å². The fourth-order valence-corrected chi connectivity index (χ4v) is 0.675. The largest absolute Gasteiger partial charge is 0.439 e. The van der Waals surface area contributed by atoms with Crippen LogP contribution in [0.2, 0.25) is 0 Å². The first-order chi connectivity index (χ1) is 5.41. The van der Waals surface area contributed by atoms with Crippen LogP contribution in [-0.2, 0) is 0 Å². The molecule has 0 fully saturated rings. The van der Waals surface area contributed by atoms with E-state index in [1.54, 1.807) is 0 Å². The van der Waals surface area contributed by atoms with Crippen molar-refractivity contribution in [3.8, 4) is 0 Å². The molecule has 0 radical (unpaired) electrons. The smallest absolute Gasteiger partial charge is 0.407 e. The van der Waals surface area contributed by atoms with Crippen molar-refractivity contribution >= 4 is 0 Å². The molecule has 0 amide bonds. The SMILES string of the molecule is NC(c1coc(F)c1)C(F)(F)F. The summed E-state index contributed by atoms with van der Waals surface area (Å²) in [6.07, 6.45) is -3.93. The van der Waals surface area contributed by atoms with Gasteiger partial charge in [-0.3, -0.25) is 0 Å². The molecule has 0 spiro atoms. The van der Waals surface area contributed by atoms with Crippen molar-refractivity contribution in [2.75, 3.05) is 0 Å². The summed E-state index contributed by atoms with van der Waals surface area (Å²) in [5, 5.41) is 0. The van der Waals surface area contributed by atoms with Crippen LogP contribution in [0.3, 0.4) is 0 Å². The summed E-state index contributed by atoms with van der Waals surface area (Å²) in [4.78, 5) is 0. The lowest BCUT2D eigenvalue weighted by Crippen LogP contribution is -2.27. The standard InChI is InChI=1S/C6H5F4NO/c7-4-1-3(2-12-4)5(11)6(8,9)10/h1-2,5H,11H2.